The molecule has 6 rings (SSSR count). The van der Waals surface area contributed by atoms with Crippen LogP contribution in [0.15, 0.2) is 24.3 Å². The van der Waals surface area contributed by atoms with Gasteiger partial charge in [-0.05, 0) is 75.0 Å². The molecule has 5 nitrogen and oxygen atoms in total. The van der Waals surface area contributed by atoms with Gasteiger partial charge in [0.15, 0.2) is 5.78 Å². The lowest BCUT2D eigenvalue weighted by molar-refractivity contribution is -0.140. The Morgan fingerprint density at radius 2 is 1.33 bits per heavy atom. The molecule has 0 spiro atoms. The summed E-state index contributed by atoms with van der Waals surface area (Å²) in [6, 6.07) is 7.53. The van der Waals surface area contributed by atoms with Crippen LogP contribution < -0.4 is 0 Å². The first-order chi connectivity index (χ1) is 15.9. The Morgan fingerprint density at radius 3 is 1.91 bits per heavy atom. The minimum absolute atomic E-state index is 0.0190. The van der Waals surface area contributed by atoms with Crippen molar-refractivity contribution in [3.05, 3.63) is 35.4 Å². The van der Waals surface area contributed by atoms with Crippen molar-refractivity contribution < 1.29 is 14.4 Å². The number of benzene rings is 1. The van der Waals surface area contributed by atoms with Crippen LogP contribution >= 0.6 is 0 Å². The van der Waals surface area contributed by atoms with E-state index in [-0.39, 0.29) is 29.9 Å². The number of hydrogen-bond donors (Lipinski definition) is 0. The number of aryl methyl sites for hydroxylation is 1. The lowest BCUT2D eigenvalue weighted by atomic mass is 9.49. The highest BCUT2D eigenvalue weighted by atomic mass is 16.2. The van der Waals surface area contributed by atoms with Gasteiger partial charge in [0.05, 0.1) is 0 Å². The van der Waals surface area contributed by atoms with Crippen LogP contribution in [0.4, 0.5) is 0 Å². The molecule has 0 radical (unpaired) electrons. The van der Waals surface area contributed by atoms with E-state index in [4.69, 9.17) is 0 Å². The minimum atomic E-state index is 0.0190. The Hall–Kier alpha value is -2.17. The molecule has 0 aromatic heterocycles. The van der Waals surface area contributed by atoms with E-state index in [1.54, 1.807) is 0 Å². The fourth-order valence-corrected chi connectivity index (χ4v) is 7.62. The molecule has 1 aliphatic heterocycles. The van der Waals surface area contributed by atoms with E-state index in [0.717, 1.165) is 42.7 Å². The van der Waals surface area contributed by atoms with Crippen molar-refractivity contribution in [3.8, 4) is 0 Å². The van der Waals surface area contributed by atoms with Gasteiger partial charge in [0.1, 0.15) is 0 Å². The van der Waals surface area contributed by atoms with Gasteiger partial charge in [-0.1, -0.05) is 29.8 Å². The van der Waals surface area contributed by atoms with Crippen LogP contribution in [-0.4, -0.2) is 53.6 Å². The molecule has 2 amide bonds. The zero-order valence-electron chi connectivity index (χ0n) is 20.1. The zero-order valence-corrected chi connectivity index (χ0v) is 20.1. The molecule has 1 saturated heterocycles. The maximum Gasteiger partial charge on any atom is 0.223 e. The van der Waals surface area contributed by atoms with Crippen molar-refractivity contribution in [1.29, 1.82) is 0 Å². The molecule has 5 aliphatic rings. The van der Waals surface area contributed by atoms with E-state index < -0.39 is 0 Å². The molecule has 178 valence electrons. The summed E-state index contributed by atoms with van der Waals surface area (Å²) in [6.45, 7) is 4.64. The second-order valence-corrected chi connectivity index (χ2v) is 11.5. The Morgan fingerprint density at radius 1 is 0.788 bits per heavy atom. The Balaban J connectivity index is 1.11. The second-order valence-electron chi connectivity index (χ2n) is 11.5. The molecule has 0 atom stereocenters. The van der Waals surface area contributed by atoms with Crippen LogP contribution in [0.2, 0.25) is 0 Å². The van der Waals surface area contributed by atoms with Crippen LogP contribution in [0.5, 0.6) is 0 Å². The number of nitrogens with zero attached hydrogens (tertiary/aromatic N) is 2. The lowest BCUT2D eigenvalue weighted by Gasteiger charge is -2.57. The van der Waals surface area contributed by atoms with Crippen molar-refractivity contribution in [3.63, 3.8) is 0 Å². The van der Waals surface area contributed by atoms with Gasteiger partial charge in [0.25, 0.3) is 0 Å². The summed E-state index contributed by atoms with van der Waals surface area (Å²) in [5, 5.41) is 0. The Bertz CT molecular complexity index is 871. The van der Waals surface area contributed by atoms with E-state index >= 15 is 0 Å². The largest absolute Gasteiger partial charge is 0.341 e. The number of amides is 2. The SMILES string of the molecule is Cc1ccc(C(=O)CCC(=O)N2CCCN(C(=O)CC34CC5CC(CC(C5)C3)C4)CC2)cc1. The summed E-state index contributed by atoms with van der Waals surface area (Å²) >= 11 is 0. The Kier molecular flexibility index (Phi) is 6.32. The van der Waals surface area contributed by atoms with Gasteiger partial charge in [0.2, 0.25) is 11.8 Å². The van der Waals surface area contributed by atoms with E-state index in [1.807, 2.05) is 41.0 Å². The van der Waals surface area contributed by atoms with E-state index in [1.165, 1.54) is 38.5 Å². The quantitative estimate of drug-likeness (QED) is 0.594. The predicted molar refractivity (Wildman–Crippen MR) is 128 cm³/mol. The predicted octanol–water partition coefficient (Wildman–Crippen LogP) is 4.63. The van der Waals surface area contributed by atoms with Gasteiger partial charge >= 0.3 is 0 Å². The first-order valence-electron chi connectivity index (χ1n) is 13.0. The highest BCUT2D eigenvalue weighted by Gasteiger charge is 2.51. The molecule has 1 heterocycles. The Labute approximate surface area is 197 Å². The summed E-state index contributed by atoms with van der Waals surface area (Å²) in [6.07, 6.45) is 10.0. The summed E-state index contributed by atoms with van der Waals surface area (Å²) < 4.78 is 0. The smallest absolute Gasteiger partial charge is 0.223 e. The number of carbonyl (C=O) groups is 3. The third kappa shape index (κ3) is 5.02. The van der Waals surface area contributed by atoms with Crippen LogP contribution in [0.3, 0.4) is 0 Å². The third-order valence-electron chi connectivity index (χ3n) is 8.83. The fraction of sp³-hybridized carbons (Fsp3) is 0.679. The number of hydrogen-bond acceptors (Lipinski definition) is 3. The molecule has 1 aromatic rings. The van der Waals surface area contributed by atoms with Gasteiger partial charge in [-0.2, -0.15) is 0 Å². The molecule has 0 unspecified atom stereocenters. The third-order valence-corrected chi connectivity index (χ3v) is 8.83. The number of ketones is 1. The highest BCUT2D eigenvalue weighted by molar-refractivity contribution is 5.98. The first kappa shape index (κ1) is 22.6. The van der Waals surface area contributed by atoms with Crippen molar-refractivity contribution in [2.45, 2.75) is 71.1 Å². The van der Waals surface area contributed by atoms with Crippen molar-refractivity contribution in [2.75, 3.05) is 26.2 Å². The van der Waals surface area contributed by atoms with Gasteiger partial charge in [-0.25, -0.2) is 0 Å². The van der Waals surface area contributed by atoms with E-state index in [9.17, 15) is 14.4 Å². The lowest BCUT2D eigenvalue weighted by Crippen LogP contribution is -2.48. The van der Waals surface area contributed by atoms with Crippen molar-refractivity contribution >= 4 is 17.6 Å². The molecular weight excluding hydrogens is 412 g/mol. The standard InChI is InChI=1S/C28H38N2O3/c1-20-3-5-24(6-4-20)25(31)7-8-26(32)29-9-2-10-30(12-11-29)27(33)19-28-16-21-13-22(17-28)15-23(14-21)18-28/h3-6,21-23H,2,7-19H2,1H3. The molecule has 4 aliphatic carbocycles. The number of carbonyl (C=O) groups excluding carboxylic acids is 3. The highest BCUT2D eigenvalue weighted by Crippen LogP contribution is 2.61. The zero-order chi connectivity index (χ0) is 23.0. The molecule has 1 aromatic carbocycles. The summed E-state index contributed by atoms with van der Waals surface area (Å²) in [7, 11) is 0. The molecule has 33 heavy (non-hydrogen) atoms. The average molecular weight is 451 g/mol. The maximum atomic E-state index is 13.3. The number of rotatable bonds is 6. The summed E-state index contributed by atoms with van der Waals surface area (Å²) in [5.74, 6) is 2.95. The van der Waals surface area contributed by atoms with Crippen molar-refractivity contribution in [1.82, 2.24) is 9.80 Å². The summed E-state index contributed by atoms with van der Waals surface area (Å²) in [5.41, 5.74) is 2.06. The topological polar surface area (TPSA) is 57.7 Å². The van der Waals surface area contributed by atoms with E-state index in [0.29, 0.717) is 31.1 Å². The maximum absolute atomic E-state index is 13.3. The van der Waals surface area contributed by atoms with Crippen LogP contribution in [-0.2, 0) is 9.59 Å². The van der Waals surface area contributed by atoms with Gasteiger partial charge in [-0.3, -0.25) is 14.4 Å². The molecule has 5 fully saturated rings. The average Bonchev–Trinajstić information content (AvgIpc) is 3.03. The molecule has 4 saturated carbocycles. The first-order valence-corrected chi connectivity index (χ1v) is 13.0. The molecular formula is C28H38N2O3. The second kappa shape index (κ2) is 9.23. The van der Waals surface area contributed by atoms with E-state index in [2.05, 4.69) is 0 Å². The van der Waals surface area contributed by atoms with Crippen molar-refractivity contribution in [2.24, 2.45) is 23.2 Å². The van der Waals surface area contributed by atoms with Crippen LogP contribution in [0, 0.1) is 30.1 Å². The normalized spacial score (nSPS) is 30.9. The fourth-order valence-electron chi connectivity index (χ4n) is 7.62. The van der Waals surface area contributed by atoms with Gasteiger partial charge < -0.3 is 9.80 Å². The van der Waals surface area contributed by atoms with Gasteiger partial charge in [-0.15, -0.1) is 0 Å². The molecule has 5 heteroatoms. The number of Topliss-reactive ketones (excluding diaryl/α,β-unsaturated/α-hetero) is 1. The minimum Gasteiger partial charge on any atom is -0.341 e. The van der Waals surface area contributed by atoms with Crippen LogP contribution in [0.1, 0.15) is 80.1 Å². The molecule has 0 N–H and O–H groups in total. The van der Waals surface area contributed by atoms with Gasteiger partial charge in [0, 0.05) is 51.0 Å². The van der Waals surface area contributed by atoms with Crippen LogP contribution in [0.25, 0.3) is 0 Å². The summed E-state index contributed by atoms with van der Waals surface area (Å²) in [4.78, 5) is 42.4. The molecule has 4 bridgehead atoms. The monoisotopic (exact) mass is 450 g/mol.